The number of hydrogen-bond acceptors (Lipinski definition) is 1. The second kappa shape index (κ2) is 9.33. The molecule has 0 bridgehead atoms. The molecule has 30 heavy (non-hydrogen) atoms. The second-order valence-corrected chi connectivity index (χ2v) is 7.70. The standard InChI is InChI=1S/C25H26F3NO/c1-18-11-12-23(15-19(18)2)29(24(30)17-20-7-4-3-5-8-20)14-13-21-9-6-10-22(16-21)25(26,27)28/h4,6-12,15-16H,3,5,13-14,17H2,1-2H3. The number of carbonyl (C=O) groups excluding carboxylic acids is 1. The predicted octanol–water partition coefficient (Wildman–Crippen LogP) is 6.56. The van der Waals surface area contributed by atoms with Crippen LogP contribution in [0.15, 0.2) is 66.3 Å². The number of alkyl halides is 3. The predicted molar refractivity (Wildman–Crippen MR) is 114 cm³/mol. The maximum Gasteiger partial charge on any atom is 0.416 e. The summed E-state index contributed by atoms with van der Waals surface area (Å²) in [6.07, 6.45) is 4.27. The third kappa shape index (κ3) is 5.62. The van der Waals surface area contributed by atoms with Gasteiger partial charge in [0.1, 0.15) is 0 Å². The van der Waals surface area contributed by atoms with Gasteiger partial charge in [-0.25, -0.2) is 0 Å². The number of aryl methyl sites for hydroxylation is 2. The van der Waals surface area contributed by atoms with Crippen LogP contribution < -0.4 is 4.90 Å². The fourth-order valence-corrected chi connectivity index (χ4v) is 3.50. The topological polar surface area (TPSA) is 20.3 Å². The number of anilines is 1. The Morgan fingerprint density at radius 1 is 1.03 bits per heavy atom. The molecule has 0 saturated heterocycles. The zero-order valence-electron chi connectivity index (χ0n) is 17.3. The van der Waals surface area contributed by atoms with Crippen LogP contribution in [-0.4, -0.2) is 12.5 Å². The Labute approximate surface area is 175 Å². The maximum absolute atomic E-state index is 13.1. The lowest BCUT2D eigenvalue weighted by molar-refractivity contribution is -0.137. The Morgan fingerprint density at radius 2 is 1.83 bits per heavy atom. The monoisotopic (exact) mass is 413 g/mol. The average Bonchev–Trinajstić information content (AvgIpc) is 2.71. The summed E-state index contributed by atoms with van der Waals surface area (Å²) >= 11 is 0. The first-order chi connectivity index (χ1) is 14.2. The molecule has 1 aliphatic rings. The summed E-state index contributed by atoms with van der Waals surface area (Å²) in [4.78, 5) is 14.8. The lowest BCUT2D eigenvalue weighted by atomic mass is 10.0. The molecule has 0 saturated carbocycles. The van der Waals surface area contributed by atoms with E-state index >= 15 is 0 Å². The van der Waals surface area contributed by atoms with Crippen LogP contribution in [0.5, 0.6) is 0 Å². The van der Waals surface area contributed by atoms with Crippen molar-refractivity contribution >= 4 is 11.6 Å². The SMILES string of the molecule is Cc1ccc(N(CCc2cccc(C(F)(F)F)c2)C(=O)CC2=CCCC=C2)cc1C. The molecule has 2 aromatic carbocycles. The van der Waals surface area contributed by atoms with E-state index in [1.807, 2.05) is 38.1 Å². The van der Waals surface area contributed by atoms with Gasteiger partial charge in [-0.2, -0.15) is 13.2 Å². The van der Waals surface area contributed by atoms with Crippen molar-refractivity contribution < 1.29 is 18.0 Å². The molecule has 0 N–H and O–H groups in total. The molecule has 2 aromatic rings. The van der Waals surface area contributed by atoms with Crippen molar-refractivity contribution in [2.24, 2.45) is 0 Å². The number of nitrogens with zero attached hydrogens (tertiary/aromatic N) is 1. The highest BCUT2D eigenvalue weighted by atomic mass is 19.4. The first kappa shape index (κ1) is 21.9. The smallest absolute Gasteiger partial charge is 0.312 e. The van der Waals surface area contributed by atoms with E-state index < -0.39 is 11.7 Å². The summed E-state index contributed by atoms with van der Waals surface area (Å²) < 4.78 is 39.1. The molecular weight excluding hydrogens is 387 g/mol. The van der Waals surface area contributed by atoms with Crippen LogP contribution in [0.1, 0.15) is 41.5 Å². The van der Waals surface area contributed by atoms with Gasteiger partial charge >= 0.3 is 6.18 Å². The first-order valence-corrected chi connectivity index (χ1v) is 10.1. The number of rotatable bonds is 6. The number of allylic oxidation sites excluding steroid dienone is 3. The number of halogens is 3. The molecule has 0 spiro atoms. The van der Waals surface area contributed by atoms with Crippen molar-refractivity contribution in [3.05, 3.63) is 88.5 Å². The quantitative estimate of drug-likeness (QED) is 0.525. The average molecular weight is 413 g/mol. The third-order valence-corrected chi connectivity index (χ3v) is 5.41. The Balaban J connectivity index is 1.82. The molecule has 0 unspecified atom stereocenters. The number of benzene rings is 2. The zero-order chi connectivity index (χ0) is 21.7. The van der Waals surface area contributed by atoms with Crippen molar-refractivity contribution in [1.29, 1.82) is 0 Å². The van der Waals surface area contributed by atoms with Crippen LogP contribution >= 0.6 is 0 Å². The normalized spacial score (nSPS) is 13.8. The Hall–Kier alpha value is -2.82. The molecule has 0 heterocycles. The van der Waals surface area contributed by atoms with E-state index in [9.17, 15) is 18.0 Å². The summed E-state index contributed by atoms with van der Waals surface area (Å²) in [6.45, 7) is 4.31. The minimum Gasteiger partial charge on any atom is -0.312 e. The summed E-state index contributed by atoms with van der Waals surface area (Å²) in [5, 5.41) is 0. The summed E-state index contributed by atoms with van der Waals surface area (Å²) in [5.74, 6) is -0.0528. The van der Waals surface area contributed by atoms with Crippen molar-refractivity contribution in [2.75, 3.05) is 11.4 Å². The van der Waals surface area contributed by atoms with Gasteiger partial charge in [0.05, 0.1) is 12.0 Å². The van der Waals surface area contributed by atoms with Gasteiger partial charge in [0.2, 0.25) is 5.91 Å². The molecule has 2 nitrogen and oxygen atoms in total. The van der Waals surface area contributed by atoms with Crippen LogP contribution in [-0.2, 0) is 17.4 Å². The van der Waals surface area contributed by atoms with E-state index in [1.165, 1.54) is 6.07 Å². The fourth-order valence-electron chi connectivity index (χ4n) is 3.50. The van der Waals surface area contributed by atoms with E-state index in [-0.39, 0.29) is 12.3 Å². The highest BCUT2D eigenvalue weighted by Crippen LogP contribution is 2.30. The summed E-state index contributed by atoms with van der Waals surface area (Å²) in [7, 11) is 0. The van der Waals surface area contributed by atoms with Gasteiger partial charge in [-0.15, -0.1) is 0 Å². The zero-order valence-corrected chi connectivity index (χ0v) is 17.3. The van der Waals surface area contributed by atoms with Crippen molar-refractivity contribution in [3.8, 4) is 0 Å². The molecule has 0 aromatic heterocycles. The summed E-state index contributed by atoms with van der Waals surface area (Å²) in [5.41, 5.74) is 3.85. The van der Waals surface area contributed by atoms with Crippen LogP contribution in [0, 0.1) is 13.8 Å². The van der Waals surface area contributed by atoms with Gasteiger partial charge in [0, 0.05) is 12.2 Å². The van der Waals surface area contributed by atoms with Crippen molar-refractivity contribution in [1.82, 2.24) is 0 Å². The Kier molecular flexibility index (Phi) is 6.80. The minimum atomic E-state index is -4.38. The number of amides is 1. The van der Waals surface area contributed by atoms with Gasteiger partial charge in [0.15, 0.2) is 0 Å². The van der Waals surface area contributed by atoms with Gasteiger partial charge in [-0.05, 0) is 73.6 Å². The molecule has 0 radical (unpaired) electrons. The lowest BCUT2D eigenvalue weighted by Crippen LogP contribution is -2.33. The van der Waals surface area contributed by atoms with Crippen LogP contribution in [0.2, 0.25) is 0 Å². The van der Waals surface area contributed by atoms with Crippen LogP contribution in [0.3, 0.4) is 0 Å². The van der Waals surface area contributed by atoms with Crippen LogP contribution in [0.25, 0.3) is 0 Å². The number of hydrogen-bond donors (Lipinski definition) is 0. The third-order valence-electron chi connectivity index (χ3n) is 5.41. The van der Waals surface area contributed by atoms with E-state index in [2.05, 4.69) is 12.2 Å². The van der Waals surface area contributed by atoms with Crippen molar-refractivity contribution in [2.45, 2.75) is 45.7 Å². The molecule has 3 rings (SSSR count). The van der Waals surface area contributed by atoms with E-state index in [4.69, 9.17) is 0 Å². The number of carbonyl (C=O) groups is 1. The first-order valence-electron chi connectivity index (χ1n) is 10.1. The van der Waals surface area contributed by atoms with E-state index in [1.54, 1.807) is 11.0 Å². The highest BCUT2D eigenvalue weighted by molar-refractivity contribution is 5.95. The highest BCUT2D eigenvalue weighted by Gasteiger charge is 2.30. The molecule has 158 valence electrons. The molecule has 1 aliphatic carbocycles. The fraction of sp³-hybridized carbons (Fsp3) is 0.320. The largest absolute Gasteiger partial charge is 0.416 e. The Bertz CT molecular complexity index is 973. The van der Waals surface area contributed by atoms with Gasteiger partial charge < -0.3 is 4.90 Å². The molecule has 5 heteroatoms. The lowest BCUT2D eigenvalue weighted by Gasteiger charge is -2.24. The molecule has 1 amide bonds. The van der Waals surface area contributed by atoms with Crippen molar-refractivity contribution in [3.63, 3.8) is 0 Å². The van der Waals surface area contributed by atoms with Gasteiger partial charge in [-0.1, -0.05) is 42.5 Å². The summed E-state index contributed by atoms with van der Waals surface area (Å²) in [6, 6.07) is 11.1. The van der Waals surface area contributed by atoms with E-state index in [0.29, 0.717) is 18.5 Å². The van der Waals surface area contributed by atoms with Crippen LogP contribution in [0.4, 0.5) is 18.9 Å². The maximum atomic E-state index is 13.1. The molecule has 0 atom stereocenters. The Morgan fingerprint density at radius 3 is 2.50 bits per heavy atom. The second-order valence-electron chi connectivity index (χ2n) is 7.70. The molecule has 0 fully saturated rings. The minimum absolute atomic E-state index is 0.0528. The van der Waals surface area contributed by atoms with E-state index in [0.717, 1.165) is 47.4 Å². The van der Waals surface area contributed by atoms with Gasteiger partial charge in [0.25, 0.3) is 0 Å². The molecule has 0 aliphatic heterocycles. The van der Waals surface area contributed by atoms with Gasteiger partial charge in [-0.3, -0.25) is 4.79 Å². The molecular formula is C25H26F3NO.